The molecule has 0 spiro atoms. The predicted molar refractivity (Wildman–Crippen MR) is 61.1 cm³/mol. The molecule has 0 saturated carbocycles. The average molecular weight is 303 g/mol. The molecule has 1 atom stereocenters. The van der Waals surface area contributed by atoms with Crippen LogP contribution in [0.1, 0.15) is 17.3 Å². The molecule has 0 fully saturated rings. The van der Waals surface area contributed by atoms with Crippen LogP contribution in [0, 0.1) is 11.6 Å². The molecule has 1 aromatic heterocycles. The van der Waals surface area contributed by atoms with E-state index < -0.39 is 17.7 Å². The molecule has 90 valence electrons. The highest BCUT2D eigenvalue weighted by atomic mass is 79.9. The van der Waals surface area contributed by atoms with Gasteiger partial charge in [-0.1, -0.05) is 11.3 Å². The van der Waals surface area contributed by atoms with E-state index >= 15 is 0 Å². The zero-order valence-electron chi connectivity index (χ0n) is 8.86. The van der Waals surface area contributed by atoms with Crippen LogP contribution in [0.25, 0.3) is 0 Å². The van der Waals surface area contributed by atoms with Gasteiger partial charge in [0.1, 0.15) is 0 Å². The van der Waals surface area contributed by atoms with Gasteiger partial charge in [-0.25, -0.2) is 8.78 Å². The first-order chi connectivity index (χ1) is 8.02. The number of nitrogens with zero attached hydrogens (tertiary/aromatic N) is 3. The molecule has 0 aliphatic heterocycles. The average Bonchev–Trinajstić information content (AvgIpc) is 2.72. The van der Waals surface area contributed by atoms with Gasteiger partial charge in [0.15, 0.2) is 11.6 Å². The third kappa shape index (κ3) is 2.07. The third-order valence-corrected chi connectivity index (χ3v) is 3.27. The molecule has 0 saturated heterocycles. The first kappa shape index (κ1) is 12.1. The van der Waals surface area contributed by atoms with Crippen molar-refractivity contribution in [3.05, 3.63) is 45.7 Å². The van der Waals surface area contributed by atoms with E-state index in [4.69, 9.17) is 5.73 Å². The molecule has 1 unspecified atom stereocenters. The van der Waals surface area contributed by atoms with Gasteiger partial charge in [-0.15, -0.1) is 5.10 Å². The van der Waals surface area contributed by atoms with Gasteiger partial charge in [0, 0.05) is 7.05 Å². The summed E-state index contributed by atoms with van der Waals surface area (Å²) in [5.74, 6) is -1.87. The number of aryl methyl sites for hydroxylation is 1. The Kier molecular flexibility index (Phi) is 3.21. The number of halogens is 3. The minimum Gasteiger partial charge on any atom is -0.319 e. The Balaban J connectivity index is 2.48. The van der Waals surface area contributed by atoms with Gasteiger partial charge >= 0.3 is 0 Å². The highest BCUT2D eigenvalue weighted by Crippen LogP contribution is 2.29. The summed E-state index contributed by atoms with van der Waals surface area (Å²) >= 11 is 3.00. The number of hydrogen-bond acceptors (Lipinski definition) is 3. The van der Waals surface area contributed by atoms with Gasteiger partial charge < -0.3 is 5.73 Å². The van der Waals surface area contributed by atoms with E-state index in [-0.39, 0.29) is 4.47 Å². The number of benzene rings is 1. The van der Waals surface area contributed by atoms with Crippen molar-refractivity contribution in [3.8, 4) is 0 Å². The summed E-state index contributed by atoms with van der Waals surface area (Å²) in [5, 5.41) is 7.42. The lowest BCUT2D eigenvalue weighted by atomic mass is 10.0. The molecule has 0 amide bonds. The monoisotopic (exact) mass is 302 g/mol. The fraction of sp³-hybridized carbons (Fsp3) is 0.200. The molecular formula is C10H9BrF2N4. The first-order valence-corrected chi connectivity index (χ1v) is 5.55. The largest absolute Gasteiger partial charge is 0.319 e. The minimum atomic E-state index is -0.951. The van der Waals surface area contributed by atoms with Gasteiger partial charge in [0.05, 0.1) is 22.4 Å². The van der Waals surface area contributed by atoms with Crippen LogP contribution in [0.2, 0.25) is 0 Å². The van der Waals surface area contributed by atoms with Crippen LogP contribution in [0.3, 0.4) is 0 Å². The Morgan fingerprint density at radius 2 is 2.12 bits per heavy atom. The van der Waals surface area contributed by atoms with Crippen LogP contribution < -0.4 is 5.73 Å². The molecule has 1 aromatic carbocycles. The summed E-state index contributed by atoms with van der Waals surface area (Å²) in [6.45, 7) is 0. The second kappa shape index (κ2) is 4.50. The van der Waals surface area contributed by atoms with Crippen molar-refractivity contribution in [1.29, 1.82) is 0 Å². The summed E-state index contributed by atoms with van der Waals surface area (Å²) in [6.07, 6.45) is 1.48. The lowest BCUT2D eigenvalue weighted by molar-refractivity contribution is 0.500. The fourth-order valence-electron chi connectivity index (χ4n) is 1.52. The zero-order chi connectivity index (χ0) is 12.6. The normalized spacial score (nSPS) is 12.8. The van der Waals surface area contributed by atoms with Gasteiger partial charge in [-0.3, -0.25) is 4.68 Å². The Hall–Kier alpha value is -1.34. The van der Waals surface area contributed by atoms with Crippen molar-refractivity contribution in [2.24, 2.45) is 12.8 Å². The number of nitrogens with two attached hydrogens (primary N) is 1. The molecular weight excluding hydrogens is 294 g/mol. The third-order valence-electron chi connectivity index (χ3n) is 2.47. The van der Waals surface area contributed by atoms with Gasteiger partial charge in [-0.2, -0.15) is 0 Å². The minimum absolute atomic E-state index is 0.0196. The highest BCUT2D eigenvalue weighted by molar-refractivity contribution is 9.10. The van der Waals surface area contributed by atoms with Gasteiger partial charge in [0.25, 0.3) is 0 Å². The van der Waals surface area contributed by atoms with E-state index in [1.54, 1.807) is 7.05 Å². The summed E-state index contributed by atoms with van der Waals surface area (Å²) in [7, 11) is 1.68. The number of rotatable bonds is 2. The lowest BCUT2D eigenvalue weighted by Gasteiger charge is -2.14. The Bertz CT molecular complexity index is 555. The topological polar surface area (TPSA) is 56.7 Å². The highest BCUT2D eigenvalue weighted by Gasteiger charge is 2.19. The van der Waals surface area contributed by atoms with Crippen molar-refractivity contribution < 1.29 is 8.78 Å². The fourth-order valence-corrected chi connectivity index (χ4v) is 2.09. The molecule has 0 radical (unpaired) electrons. The van der Waals surface area contributed by atoms with E-state index in [1.807, 2.05) is 0 Å². The molecule has 0 aliphatic rings. The van der Waals surface area contributed by atoms with E-state index in [9.17, 15) is 8.78 Å². The molecule has 4 nitrogen and oxygen atoms in total. The molecule has 2 aromatic rings. The van der Waals surface area contributed by atoms with Crippen LogP contribution in [0.4, 0.5) is 8.78 Å². The van der Waals surface area contributed by atoms with Crippen molar-refractivity contribution in [2.75, 3.05) is 0 Å². The maximum atomic E-state index is 13.4. The molecule has 1 heterocycles. The quantitative estimate of drug-likeness (QED) is 0.862. The SMILES string of the molecule is Cn1nncc1C(N)c1ccc(F)c(F)c1Br. The van der Waals surface area contributed by atoms with Crippen LogP contribution in [0.5, 0.6) is 0 Å². The van der Waals surface area contributed by atoms with E-state index in [2.05, 4.69) is 26.2 Å². The maximum absolute atomic E-state index is 13.4. The second-order valence-corrected chi connectivity index (χ2v) is 4.32. The van der Waals surface area contributed by atoms with Gasteiger partial charge in [-0.05, 0) is 27.6 Å². The number of hydrogen-bond donors (Lipinski definition) is 1. The molecule has 0 bridgehead atoms. The van der Waals surface area contributed by atoms with Crippen molar-refractivity contribution in [1.82, 2.24) is 15.0 Å². The number of aromatic nitrogens is 3. The Morgan fingerprint density at radius 3 is 2.71 bits per heavy atom. The summed E-state index contributed by atoms with van der Waals surface area (Å²) < 4.78 is 27.9. The maximum Gasteiger partial charge on any atom is 0.173 e. The van der Waals surface area contributed by atoms with E-state index in [1.165, 1.54) is 16.9 Å². The molecule has 2 rings (SSSR count). The smallest absolute Gasteiger partial charge is 0.173 e. The summed E-state index contributed by atoms with van der Waals surface area (Å²) in [4.78, 5) is 0. The van der Waals surface area contributed by atoms with Crippen molar-refractivity contribution in [2.45, 2.75) is 6.04 Å². The van der Waals surface area contributed by atoms with E-state index in [0.717, 1.165) is 6.07 Å². The molecule has 0 aliphatic carbocycles. The standard InChI is InChI=1S/C10H9BrF2N4/c1-17-7(4-15-16-17)10(14)5-2-3-6(12)9(13)8(5)11/h2-4,10H,14H2,1H3. The van der Waals surface area contributed by atoms with Crippen molar-refractivity contribution in [3.63, 3.8) is 0 Å². The predicted octanol–water partition coefficient (Wildman–Crippen LogP) is 1.90. The van der Waals surface area contributed by atoms with Crippen LogP contribution in [-0.2, 0) is 7.05 Å². The van der Waals surface area contributed by atoms with E-state index in [0.29, 0.717) is 11.3 Å². The van der Waals surface area contributed by atoms with Gasteiger partial charge in [0.2, 0.25) is 0 Å². The summed E-state index contributed by atoms with van der Waals surface area (Å²) in [5.41, 5.74) is 7.01. The Morgan fingerprint density at radius 1 is 1.41 bits per heavy atom. The molecule has 2 N–H and O–H groups in total. The molecule has 17 heavy (non-hydrogen) atoms. The Labute approximate surface area is 105 Å². The second-order valence-electron chi connectivity index (χ2n) is 3.52. The van der Waals surface area contributed by atoms with Crippen LogP contribution >= 0.6 is 15.9 Å². The van der Waals surface area contributed by atoms with Crippen LogP contribution in [-0.4, -0.2) is 15.0 Å². The van der Waals surface area contributed by atoms with Crippen LogP contribution in [0.15, 0.2) is 22.8 Å². The zero-order valence-corrected chi connectivity index (χ0v) is 10.4. The molecule has 7 heteroatoms. The first-order valence-electron chi connectivity index (χ1n) is 4.76. The van der Waals surface area contributed by atoms with Crippen molar-refractivity contribution >= 4 is 15.9 Å². The lowest BCUT2D eigenvalue weighted by Crippen LogP contribution is -2.17. The summed E-state index contributed by atoms with van der Waals surface area (Å²) in [6, 6.07) is 1.85.